The van der Waals surface area contributed by atoms with Gasteiger partial charge in [-0.25, -0.2) is 4.79 Å². The fraction of sp³-hybridized carbons (Fsp3) is 0.909. The Labute approximate surface area is 193 Å². The molecular formula is C22H36N2O7S. The molecule has 182 valence electrons. The van der Waals surface area contributed by atoms with Gasteiger partial charge in [0.1, 0.15) is 22.4 Å². The summed E-state index contributed by atoms with van der Waals surface area (Å²) < 4.78 is 11.4. The Hall–Kier alpha value is -1.07. The van der Waals surface area contributed by atoms with Crippen LogP contribution < -0.4 is 10.6 Å². The van der Waals surface area contributed by atoms with Crippen LogP contribution in [-0.2, 0) is 14.3 Å². The Kier molecular flexibility index (Phi) is 5.81. The van der Waals surface area contributed by atoms with Crippen LogP contribution >= 0.6 is 11.8 Å². The zero-order valence-electron chi connectivity index (χ0n) is 19.3. The molecule has 9 nitrogen and oxygen atoms in total. The van der Waals surface area contributed by atoms with Gasteiger partial charge < -0.3 is 35.4 Å². The first kappa shape index (κ1) is 24.1. The van der Waals surface area contributed by atoms with Gasteiger partial charge in [-0.05, 0) is 40.0 Å². The van der Waals surface area contributed by atoms with Crippen LogP contribution in [0.1, 0.15) is 59.8 Å². The lowest BCUT2D eigenvalue weighted by Gasteiger charge is -2.77. The van der Waals surface area contributed by atoms with Gasteiger partial charge in [0.25, 0.3) is 0 Å². The average molecular weight is 473 g/mol. The number of carbonyl (C=O) groups excluding carboxylic acids is 2. The first-order valence-electron chi connectivity index (χ1n) is 11.4. The highest BCUT2D eigenvalue weighted by Gasteiger charge is 2.84. The molecule has 1 saturated carbocycles. The molecule has 5 aliphatic rings. The molecule has 0 aromatic heterocycles. The summed E-state index contributed by atoms with van der Waals surface area (Å²) in [5, 5.41) is 38.5. The number of urea groups is 1. The second kappa shape index (κ2) is 7.73. The summed E-state index contributed by atoms with van der Waals surface area (Å²) in [6, 6.07) is 0.271. The average Bonchev–Trinajstić information content (AvgIpc) is 3.27. The number of esters is 1. The smallest absolute Gasteiger partial charge is 0.315 e. The zero-order valence-corrected chi connectivity index (χ0v) is 20.1. The molecule has 4 unspecified atom stereocenters. The van der Waals surface area contributed by atoms with Crippen LogP contribution in [0, 0.1) is 5.41 Å². The lowest BCUT2D eigenvalue weighted by molar-refractivity contribution is -0.488. The van der Waals surface area contributed by atoms with Crippen molar-refractivity contribution in [2.24, 2.45) is 5.41 Å². The summed E-state index contributed by atoms with van der Waals surface area (Å²) in [5.41, 5.74) is -6.25. The SMILES string of the molecule is CC1(O)C2(C)OC(CO)(C[C@]1(C)COC(=O)CCCCC1SC[C@@H]3NC(=O)N[C@H]13)[C@@]2(C)O. The van der Waals surface area contributed by atoms with Crippen LogP contribution in [0.5, 0.6) is 0 Å². The van der Waals surface area contributed by atoms with Gasteiger partial charge in [0.15, 0.2) is 0 Å². The number of fused-ring (bicyclic) bond motifs is 3. The van der Waals surface area contributed by atoms with E-state index in [1.165, 1.54) is 0 Å². The number of amides is 2. The molecule has 5 fully saturated rings. The molecule has 5 N–H and O–H groups in total. The molecule has 0 aromatic rings. The van der Waals surface area contributed by atoms with Gasteiger partial charge in [-0.1, -0.05) is 13.3 Å². The van der Waals surface area contributed by atoms with E-state index in [1.807, 2.05) is 11.8 Å². The highest BCUT2D eigenvalue weighted by atomic mass is 32.2. The van der Waals surface area contributed by atoms with E-state index in [2.05, 4.69) is 10.6 Å². The molecule has 5 rings (SSSR count). The summed E-state index contributed by atoms with van der Waals surface area (Å²) in [4.78, 5) is 23.9. The van der Waals surface area contributed by atoms with Gasteiger partial charge in [0.05, 0.1) is 25.3 Å². The molecule has 10 heteroatoms. The van der Waals surface area contributed by atoms with Crippen LogP contribution in [0.15, 0.2) is 0 Å². The molecule has 0 radical (unpaired) electrons. The topological polar surface area (TPSA) is 137 Å². The van der Waals surface area contributed by atoms with E-state index >= 15 is 0 Å². The molecule has 8 atom stereocenters. The lowest BCUT2D eigenvalue weighted by atomic mass is 9.44. The second-order valence-electron chi connectivity index (χ2n) is 10.7. The Morgan fingerprint density at radius 3 is 2.56 bits per heavy atom. The third-order valence-electron chi connectivity index (χ3n) is 8.86. The maximum absolute atomic E-state index is 12.4. The van der Waals surface area contributed by atoms with Crippen molar-refractivity contribution in [1.29, 1.82) is 0 Å². The summed E-state index contributed by atoms with van der Waals surface area (Å²) in [5.74, 6) is 0.587. The molecule has 0 spiro atoms. The Morgan fingerprint density at radius 2 is 1.91 bits per heavy atom. The number of thioether (sulfide) groups is 1. The quantitative estimate of drug-likeness (QED) is 0.198. The molecule has 32 heavy (non-hydrogen) atoms. The number of ether oxygens (including phenoxy) is 2. The van der Waals surface area contributed by atoms with Gasteiger partial charge in [0.2, 0.25) is 0 Å². The number of carbonyl (C=O) groups is 2. The van der Waals surface area contributed by atoms with Crippen molar-refractivity contribution in [2.75, 3.05) is 19.0 Å². The summed E-state index contributed by atoms with van der Waals surface area (Å²) in [6.07, 6.45) is 2.93. The summed E-state index contributed by atoms with van der Waals surface area (Å²) in [6.45, 7) is 6.21. The first-order valence-corrected chi connectivity index (χ1v) is 12.5. The third kappa shape index (κ3) is 3.20. The van der Waals surface area contributed by atoms with Crippen molar-refractivity contribution >= 4 is 23.8 Å². The molecule has 4 saturated heterocycles. The summed E-state index contributed by atoms with van der Waals surface area (Å²) in [7, 11) is 0. The zero-order chi connectivity index (χ0) is 23.6. The fourth-order valence-corrected chi connectivity index (χ4v) is 7.68. The minimum Gasteiger partial charge on any atom is -0.465 e. The highest BCUT2D eigenvalue weighted by Crippen LogP contribution is 2.68. The number of aliphatic hydroxyl groups excluding tert-OH is 1. The fourth-order valence-electron chi connectivity index (χ4n) is 6.14. The van der Waals surface area contributed by atoms with Crippen LogP contribution in [0.2, 0.25) is 0 Å². The largest absolute Gasteiger partial charge is 0.465 e. The Bertz CT molecular complexity index is 792. The molecule has 2 bridgehead atoms. The van der Waals surface area contributed by atoms with E-state index in [0.717, 1.165) is 18.6 Å². The number of aliphatic hydroxyl groups is 3. The number of hydrogen-bond donors (Lipinski definition) is 5. The van der Waals surface area contributed by atoms with E-state index < -0.39 is 27.8 Å². The van der Waals surface area contributed by atoms with Gasteiger partial charge in [-0.3, -0.25) is 4.79 Å². The first-order chi connectivity index (χ1) is 14.8. The maximum atomic E-state index is 12.4. The lowest BCUT2D eigenvalue weighted by Crippen LogP contribution is -2.93. The molecule has 0 aromatic carbocycles. The van der Waals surface area contributed by atoms with E-state index in [9.17, 15) is 24.9 Å². The van der Waals surface area contributed by atoms with Crippen molar-refractivity contribution in [2.45, 2.75) is 99.5 Å². The predicted octanol–water partition coefficient (Wildman–Crippen LogP) is 0.687. The number of rotatable bonds is 8. The van der Waals surface area contributed by atoms with Crippen LogP contribution in [0.25, 0.3) is 0 Å². The van der Waals surface area contributed by atoms with E-state index in [0.29, 0.717) is 11.7 Å². The monoisotopic (exact) mass is 472 g/mol. The van der Waals surface area contributed by atoms with Gasteiger partial charge >= 0.3 is 12.0 Å². The van der Waals surface area contributed by atoms with Crippen molar-refractivity contribution in [1.82, 2.24) is 10.6 Å². The molecule has 4 heterocycles. The second-order valence-corrected chi connectivity index (χ2v) is 12.0. The van der Waals surface area contributed by atoms with Crippen molar-refractivity contribution in [3.05, 3.63) is 0 Å². The molecule has 4 aliphatic heterocycles. The van der Waals surface area contributed by atoms with Gasteiger partial charge in [-0.15, -0.1) is 0 Å². The standard InChI is InChI=1S/C22H36N2O7S/c1-18(10-22(11-25)20(3,29)21(4,31-22)19(18,2)28)12-30-15(26)8-6-5-7-14-16-13(9-32-14)23-17(27)24-16/h13-14,16,25,28-29H,5-12H2,1-4H3,(H2,23,24,27)/t13-,14?,16-,18+,19?,20-,21?,22?/m0/s1. The highest BCUT2D eigenvalue weighted by molar-refractivity contribution is 8.00. The van der Waals surface area contributed by atoms with E-state index in [1.54, 1.807) is 27.7 Å². The van der Waals surface area contributed by atoms with Gasteiger partial charge in [-0.2, -0.15) is 11.8 Å². The van der Waals surface area contributed by atoms with Crippen LogP contribution in [-0.4, -0.2) is 86.0 Å². The minimum atomic E-state index is -1.48. The predicted molar refractivity (Wildman–Crippen MR) is 118 cm³/mol. The van der Waals surface area contributed by atoms with Gasteiger partial charge in [0, 0.05) is 22.8 Å². The van der Waals surface area contributed by atoms with E-state index in [4.69, 9.17) is 9.47 Å². The van der Waals surface area contributed by atoms with Crippen molar-refractivity contribution < 1.29 is 34.4 Å². The summed E-state index contributed by atoms with van der Waals surface area (Å²) >= 11 is 1.86. The molecule has 1 aliphatic carbocycles. The number of nitrogens with one attached hydrogen (secondary N) is 2. The van der Waals surface area contributed by atoms with Crippen LogP contribution in [0.3, 0.4) is 0 Å². The molecular weight excluding hydrogens is 436 g/mol. The Morgan fingerprint density at radius 1 is 1.19 bits per heavy atom. The molecule has 2 amide bonds. The third-order valence-corrected chi connectivity index (χ3v) is 10.4. The van der Waals surface area contributed by atoms with Crippen molar-refractivity contribution in [3.63, 3.8) is 0 Å². The number of hydrogen-bond acceptors (Lipinski definition) is 8. The van der Waals surface area contributed by atoms with Crippen LogP contribution in [0.4, 0.5) is 4.79 Å². The maximum Gasteiger partial charge on any atom is 0.315 e. The van der Waals surface area contributed by atoms with Crippen molar-refractivity contribution in [3.8, 4) is 0 Å². The Balaban J connectivity index is 1.25. The number of unbranched alkanes of at least 4 members (excludes halogenated alkanes) is 1. The minimum absolute atomic E-state index is 0.0183. The normalized spacial score (nSPS) is 49.1. The van der Waals surface area contributed by atoms with E-state index in [-0.39, 0.29) is 50.1 Å².